The summed E-state index contributed by atoms with van der Waals surface area (Å²) in [5, 5.41) is 2.41. The molecule has 1 aliphatic rings. The van der Waals surface area contributed by atoms with Crippen LogP contribution in [0.2, 0.25) is 0 Å². The second kappa shape index (κ2) is 8.00. The van der Waals surface area contributed by atoms with E-state index in [0.717, 1.165) is 11.4 Å². The number of benzene rings is 2. The summed E-state index contributed by atoms with van der Waals surface area (Å²) in [6.07, 6.45) is 0.619. The summed E-state index contributed by atoms with van der Waals surface area (Å²) in [6.45, 7) is 4.89. The van der Waals surface area contributed by atoms with Crippen molar-refractivity contribution in [2.45, 2.75) is 32.9 Å². The van der Waals surface area contributed by atoms with E-state index in [1.807, 2.05) is 48.6 Å². The first kappa shape index (κ1) is 20.8. The zero-order chi connectivity index (χ0) is 21.5. The van der Waals surface area contributed by atoms with Crippen molar-refractivity contribution in [1.29, 1.82) is 0 Å². The van der Waals surface area contributed by atoms with Gasteiger partial charge in [0.05, 0.1) is 18.1 Å². The lowest BCUT2D eigenvalue weighted by Crippen LogP contribution is -2.26. The van der Waals surface area contributed by atoms with Crippen LogP contribution in [0.3, 0.4) is 0 Å². The Bertz CT molecular complexity index is 1210. The standard InChI is InChI=1S/C24H28N2O3S/c1-17-12-23(18(2)26(17)22-10-11-30(28,29)16-22)24(27)15-25(3)14-19-8-9-20-6-4-5-7-21(20)13-19/h4-9,12-13,22H,10-11,14-16H2,1-3H3. The van der Waals surface area contributed by atoms with Gasteiger partial charge in [0.15, 0.2) is 15.6 Å². The third-order valence-electron chi connectivity index (χ3n) is 6.04. The molecule has 0 saturated carbocycles. The zero-order valence-corrected chi connectivity index (χ0v) is 18.6. The number of carbonyl (C=O) groups is 1. The summed E-state index contributed by atoms with van der Waals surface area (Å²) in [6, 6.07) is 16.5. The van der Waals surface area contributed by atoms with E-state index in [0.29, 0.717) is 25.1 Å². The Balaban J connectivity index is 1.47. The molecule has 1 aliphatic heterocycles. The molecule has 158 valence electrons. The molecule has 1 atom stereocenters. The maximum Gasteiger partial charge on any atom is 0.178 e. The van der Waals surface area contributed by atoms with Crippen molar-refractivity contribution in [2.24, 2.45) is 0 Å². The molecule has 2 aromatic carbocycles. The molecule has 3 aromatic rings. The maximum absolute atomic E-state index is 13.0. The topological polar surface area (TPSA) is 59.4 Å². The summed E-state index contributed by atoms with van der Waals surface area (Å²) in [5.41, 5.74) is 3.70. The molecule has 2 heterocycles. The molecule has 0 spiro atoms. The fraction of sp³-hybridized carbons (Fsp3) is 0.375. The van der Waals surface area contributed by atoms with Crippen molar-refractivity contribution >= 4 is 26.4 Å². The number of ketones is 1. The van der Waals surface area contributed by atoms with Gasteiger partial charge in [0.1, 0.15) is 0 Å². The molecule has 1 unspecified atom stereocenters. The van der Waals surface area contributed by atoms with E-state index in [-0.39, 0.29) is 23.3 Å². The Hall–Kier alpha value is -2.44. The first-order valence-corrected chi connectivity index (χ1v) is 12.1. The summed E-state index contributed by atoms with van der Waals surface area (Å²) in [7, 11) is -1.02. The number of carbonyl (C=O) groups excluding carboxylic acids is 1. The van der Waals surface area contributed by atoms with E-state index in [1.54, 1.807) is 0 Å². The Morgan fingerprint density at radius 1 is 1.10 bits per heavy atom. The van der Waals surface area contributed by atoms with Gasteiger partial charge in [-0.25, -0.2) is 8.42 Å². The lowest BCUT2D eigenvalue weighted by Gasteiger charge is -2.18. The molecule has 0 bridgehead atoms. The molecule has 6 heteroatoms. The minimum Gasteiger partial charge on any atom is -0.344 e. The average molecular weight is 425 g/mol. The predicted octanol–water partition coefficient (Wildman–Crippen LogP) is 3.93. The zero-order valence-electron chi connectivity index (χ0n) is 17.8. The molecule has 1 saturated heterocycles. The maximum atomic E-state index is 13.0. The molecule has 1 aromatic heterocycles. The van der Waals surface area contributed by atoms with Gasteiger partial charge in [-0.1, -0.05) is 36.4 Å². The van der Waals surface area contributed by atoms with Crippen LogP contribution >= 0.6 is 0 Å². The van der Waals surface area contributed by atoms with Crippen LogP contribution in [0.1, 0.15) is 39.8 Å². The summed E-state index contributed by atoms with van der Waals surface area (Å²) in [4.78, 5) is 15.0. The lowest BCUT2D eigenvalue weighted by molar-refractivity contribution is 0.0942. The first-order chi connectivity index (χ1) is 14.2. The molecular formula is C24H28N2O3S. The third-order valence-corrected chi connectivity index (χ3v) is 7.79. The molecule has 0 amide bonds. The molecule has 1 fully saturated rings. The van der Waals surface area contributed by atoms with Crippen LogP contribution in [0.5, 0.6) is 0 Å². The molecule has 0 aliphatic carbocycles. The van der Waals surface area contributed by atoms with Crippen molar-refractivity contribution in [1.82, 2.24) is 9.47 Å². The van der Waals surface area contributed by atoms with Crippen LogP contribution in [0.4, 0.5) is 0 Å². The Kier molecular flexibility index (Phi) is 5.55. The number of hydrogen-bond donors (Lipinski definition) is 0. The fourth-order valence-electron chi connectivity index (χ4n) is 4.64. The van der Waals surface area contributed by atoms with Crippen molar-refractivity contribution in [3.8, 4) is 0 Å². The van der Waals surface area contributed by atoms with Crippen LogP contribution in [-0.2, 0) is 16.4 Å². The highest BCUT2D eigenvalue weighted by Gasteiger charge is 2.31. The Morgan fingerprint density at radius 3 is 2.53 bits per heavy atom. The highest BCUT2D eigenvalue weighted by molar-refractivity contribution is 7.91. The number of aryl methyl sites for hydroxylation is 1. The first-order valence-electron chi connectivity index (χ1n) is 10.3. The van der Waals surface area contributed by atoms with Crippen molar-refractivity contribution in [3.05, 3.63) is 71.0 Å². The summed E-state index contributed by atoms with van der Waals surface area (Å²) in [5.74, 6) is 0.462. The van der Waals surface area contributed by atoms with Gasteiger partial charge in [0.25, 0.3) is 0 Å². The Morgan fingerprint density at radius 2 is 1.83 bits per heavy atom. The molecule has 0 N–H and O–H groups in total. The van der Waals surface area contributed by atoms with E-state index in [1.165, 1.54) is 16.3 Å². The minimum atomic E-state index is -2.97. The van der Waals surface area contributed by atoms with E-state index in [4.69, 9.17) is 0 Å². The van der Waals surface area contributed by atoms with Gasteiger partial charge in [-0.15, -0.1) is 0 Å². The Labute approximate surface area is 178 Å². The number of sulfone groups is 1. The average Bonchev–Trinajstić information content (AvgIpc) is 3.19. The van der Waals surface area contributed by atoms with Crippen LogP contribution < -0.4 is 0 Å². The van der Waals surface area contributed by atoms with Crippen molar-refractivity contribution in [3.63, 3.8) is 0 Å². The van der Waals surface area contributed by atoms with E-state index < -0.39 is 9.84 Å². The van der Waals surface area contributed by atoms with Crippen LogP contribution in [-0.4, -0.2) is 48.8 Å². The lowest BCUT2D eigenvalue weighted by atomic mass is 10.1. The number of fused-ring (bicyclic) bond motifs is 1. The van der Waals surface area contributed by atoms with Gasteiger partial charge in [0, 0.05) is 29.5 Å². The van der Waals surface area contributed by atoms with Gasteiger partial charge in [-0.3, -0.25) is 9.69 Å². The number of Topliss-reactive ketones (excluding diaryl/α,β-unsaturated/α-hetero) is 1. The minimum absolute atomic E-state index is 0.0631. The van der Waals surface area contributed by atoms with Crippen LogP contribution in [0.25, 0.3) is 10.8 Å². The van der Waals surface area contributed by atoms with Gasteiger partial charge < -0.3 is 4.57 Å². The van der Waals surface area contributed by atoms with Gasteiger partial charge in [0.2, 0.25) is 0 Å². The normalized spacial score (nSPS) is 18.3. The van der Waals surface area contributed by atoms with E-state index in [2.05, 4.69) is 30.3 Å². The fourth-order valence-corrected chi connectivity index (χ4v) is 6.34. The quantitative estimate of drug-likeness (QED) is 0.563. The third kappa shape index (κ3) is 4.20. The van der Waals surface area contributed by atoms with Crippen molar-refractivity contribution in [2.75, 3.05) is 25.1 Å². The molecular weight excluding hydrogens is 396 g/mol. The summed E-state index contributed by atoms with van der Waals surface area (Å²) < 4.78 is 25.8. The molecule has 0 radical (unpaired) electrons. The highest BCUT2D eigenvalue weighted by Crippen LogP contribution is 2.29. The van der Waals surface area contributed by atoms with Gasteiger partial charge in [-0.05, 0) is 55.8 Å². The van der Waals surface area contributed by atoms with E-state index in [9.17, 15) is 13.2 Å². The molecule has 4 rings (SSSR count). The smallest absolute Gasteiger partial charge is 0.178 e. The monoisotopic (exact) mass is 424 g/mol. The van der Waals surface area contributed by atoms with Crippen molar-refractivity contribution < 1.29 is 13.2 Å². The second-order valence-corrected chi connectivity index (χ2v) is 10.7. The number of likely N-dealkylation sites (N-methyl/N-ethyl adjacent to an activating group) is 1. The number of nitrogens with zero attached hydrogens (tertiary/aromatic N) is 2. The number of aromatic nitrogens is 1. The molecule has 5 nitrogen and oxygen atoms in total. The highest BCUT2D eigenvalue weighted by atomic mass is 32.2. The predicted molar refractivity (Wildman–Crippen MR) is 121 cm³/mol. The summed E-state index contributed by atoms with van der Waals surface area (Å²) >= 11 is 0. The molecule has 30 heavy (non-hydrogen) atoms. The SMILES string of the molecule is Cc1cc(C(=O)CN(C)Cc2ccc3ccccc3c2)c(C)n1C1CCS(=O)(=O)C1. The van der Waals surface area contributed by atoms with Crippen LogP contribution in [0.15, 0.2) is 48.5 Å². The van der Waals surface area contributed by atoms with Crippen LogP contribution in [0, 0.1) is 13.8 Å². The van der Waals surface area contributed by atoms with Gasteiger partial charge >= 0.3 is 0 Å². The largest absolute Gasteiger partial charge is 0.344 e. The number of hydrogen-bond acceptors (Lipinski definition) is 4. The van der Waals surface area contributed by atoms with E-state index >= 15 is 0 Å². The van der Waals surface area contributed by atoms with Gasteiger partial charge in [-0.2, -0.15) is 0 Å². The second-order valence-electron chi connectivity index (χ2n) is 8.49. The number of rotatable bonds is 6.